The maximum absolute atomic E-state index is 14.2. The van der Waals surface area contributed by atoms with Gasteiger partial charge in [0, 0.05) is 142 Å². The maximum Gasteiger partial charge on any atom is 0.220 e. The zero-order valence-corrected chi connectivity index (χ0v) is 50.4. The Kier molecular flexibility index (Phi) is 15.8. The zero-order chi connectivity index (χ0) is 64.2. The Morgan fingerprint density at radius 2 is 1.17 bits per heavy atom. The Bertz CT molecular complexity index is 4710. The minimum absolute atomic E-state index is 0.0605. The van der Waals surface area contributed by atoms with Crippen molar-refractivity contribution >= 4 is 69.6 Å². The number of aromatic amines is 2. The van der Waals surface area contributed by atoms with Crippen LogP contribution >= 0.6 is 0 Å². The number of H-pyrrole nitrogens is 2. The second-order valence-corrected chi connectivity index (χ2v) is 23.7. The number of pyridine rings is 4. The number of phenols is 2. The number of aryl methyl sites for hydroxylation is 1. The van der Waals surface area contributed by atoms with Crippen molar-refractivity contribution in [3.05, 3.63) is 197 Å². The van der Waals surface area contributed by atoms with Gasteiger partial charge in [0.2, 0.25) is 11.7 Å². The third-order valence-electron chi connectivity index (χ3n) is 18.0. The van der Waals surface area contributed by atoms with Crippen molar-refractivity contribution in [2.75, 3.05) is 13.7 Å². The van der Waals surface area contributed by atoms with Gasteiger partial charge in [0.05, 0.1) is 64.8 Å². The van der Waals surface area contributed by atoms with Crippen LogP contribution in [0.4, 0.5) is 0 Å². The van der Waals surface area contributed by atoms with Crippen molar-refractivity contribution in [1.82, 2.24) is 40.2 Å². The molecule has 7 aromatic heterocycles. The number of nitrogens with one attached hydrogen (secondary N) is 3. The molecule has 9 aromatic rings. The second-order valence-electron chi connectivity index (χ2n) is 23.7. The Morgan fingerprint density at radius 3 is 1.68 bits per heavy atom. The minimum atomic E-state index is -2.36. The molecule has 1 amide bonds. The molecular formula is C72H62N9O12+. The number of aliphatic hydroxyl groups excluding tert-OH is 2. The van der Waals surface area contributed by atoms with Gasteiger partial charge in [-0.25, -0.2) is 14.5 Å². The molecule has 466 valence electrons. The van der Waals surface area contributed by atoms with Crippen LogP contribution in [-0.2, 0) is 32.0 Å². The number of nitrogens with zero attached hydrogens (tertiary/aromatic N) is 6. The molecule has 21 heteroatoms. The van der Waals surface area contributed by atoms with Gasteiger partial charge in [0.25, 0.3) is 0 Å². The summed E-state index contributed by atoms with van der Waals surface area (Å²) in [5.74, 6) is -4.41. The fraction of sp³-hybridized carbons (Fsp3) is 0.222. The minimum Gasteiger partial charge on any atom is -0.507 e. The van der Waals surface area contributed by atoms with E-state index >= 15 is 0 Å². The van der Waals surface area contributed by atoms with E-state index < -0.39 is 95.7 Å². The number of fused-ring (bicyclic) bond motifs is 11. The first kappa shape index (κ1) is 59.9. The lowest BCUT2D eigenvalue weighted by atomic mass is 9.72. The first-order valence-electron chi connectivity index (χ1n) is 30.6. The van der Waals surface area contributed by atoms with Crippen LogP contribution < -0.4 is 14.6 Å². The average Bonchev–Trinajstić information content (AvgIpc) is 1.24. The van der Waals surface area contributed by atoms with Gasteiger partial charge in [-0.15, -0.1) is 0 Å². The van der Waals surface area contributed by atoms with Crippen LogP contribution in [0.15, 0.2) is 141 Å². The first-order chi connectivity index (χ1) is 45.2. The van der Waals surface area contributed by atoms with Gasteiger partial charge in [-0.2, -0.15) is 0 Å². The predicted molar refractivity (Wildman–Crippen MR) is 344 cm³/mol. The van der Waals surface area contributed by atoms with Crippen molar-refractivity contribution in [1.29, 1.82) is 0 Å². The summed E-state index contributed by atoms with van der Waals surface area (Å²) in [4.78, 5) is 86.4. The molecule has 0 unspecified atom stereocenters. The summed E-state index contributed by atoms with van der Waals surface area (Å²) < 4.78 is 19.9. The number of aromatic hydroxyl groups is 2. The van der Waals surface area contributed by atoms with Gasteiger partial charge in [-0.05, 0) is 127 Å². The molecule has 14 rings (SSSR count). The number of aliphatic hydroxyl groups is 3. The van der Waals surface area contributed by atoms with Crippen LogP contribution in [0.25, 0.3) is 90.9 Å². The number of carbonyl (C=O) groups excluding carboxylic acids is 4. The number of aromatic nitrogens is 8. The number of benzene rings is 2. The molecule has 2 aliphatic carbocycles. The van der Waals surface area contributed by atoms with E-state index in [1.165, 1.54) is 25.3 Å². The Balaban J connectivity index is 0.716. The van der Waals surface area contributed by atoms with Crippen molar-refractivity contribution in [3.63, 3.8) is 0 Å². The number of phenolic OH excluding ortho intramolecular Hbond substituents is 2. The van der Waals surface area contributed by atoms with Crippen LogP contribution in [-0.4, -0.2) is 128 Å². The number of hydrogen-bond donors (Lipinski definition) is 8. The highest BCUT2D eigenvalue weighted by molar-refractivity contribution is 6.31. The van der Waals surface area contributed by atoms with E-state index in [1.54, 1.807) is 44.1 Å². The molecule has 0 spiro atoms. The first-order valence-corrected chi connectivity index (χ1v) is 30.6. The molecular weight excluding hydrogens is 1180 g/mol. The van der Waals surface area contributed by atoms with E-state index in [-0.39, 0.29) is 46.8 Å². The number of hydrogen-bond acceptors (Lipinski definition) is 17. The van der Waals surface area contributed by atoms with E-state index in [0.29, 0.717) is 19.4 Å². The molecule has 1 saturated heterocycles. The Morgan fingerprint density at radius 1 is 0.667 bits per heavy atom. The summed E-state index contributed by atoms with van der Waals surface area (Å²) in [6.07, 6.45) is 17.8. The van der Waals surface area contributed by atoms with Crippen LogP contribution in [0, 0.1) is 0 Å². The highest BCUT2D eigenvalue weighted by Gasteiger charge is 2.50. The lowest BCUT2D eigenvalue weighted by Crippen LogP contribution is -2.55. The predicted octanol–water partition coefficient (Wildman–Crippen LogP) is 9.14. The van der Waals surface area contributed by atoms with Crippen LogP contribution in [0.2, 0.25) is 0 Å². The summed E-state index contributed by atoms with van der Waals surface area (Å²) in [6.45, 7) is 1.06. The van der Waals surface area contributed by atoms with Crippen LogP contribution in [0.5, 0.6) is 17.2 Å². The number of rotatable bonds is 15. The summed E-state index contributed by atoms with van der Waals surface area (Å²) in [7, 11) is 1.32. The number of unbranched alkanes of at least 4 members (excludes halogenated alkanes) is 1. The monoisotopic (exact) mass is 1240 g/mol. The van der Waals surface area contributed by atoms with E-state index in [2.05, 4.69) is 54.5 Å². The van der Waals surface area contributed by atoms with E-state index in [9.17, 15) is 44.7 Å². The number of ether oxygens (including phenoxy) is 3. The van der Waals surface area contributed by atoms with Crippen molar-refractivity contribution in [2.24, 2.45) is 0 Å². The van der Waals surface area contributed by atoms with Gasteiger partial charge < -0.3 is 55.0 Å². The maximum atomic E-state index is 14.2. The fourth-order valence-electron chi connectivity index (χ4n) is 13.5. The summed E-state index contributed by atoms with van der Waals surface area (Å²) in [6, 6.07) is 27.7. The molecule has 0 radical (unpaired) electrons. The molecule has 93 heavy (non-hydrogen) atoms. The van der Waals surface area contributed by atoms with Crippen molar-refractivity contribution < 1.29 is 63.5 Å². The lowest BCUT2D eigenvalue weighted by molar-refractivity contribution is -0.697. The molecule has 2 aromatic carbocycles. The zero-order valence-electron chi connectivity index (χ0n) is 50.4. The van der Waals surface area contributed by atoms with Crippen LogP contribution in [0.1, 0.15) is 111 Å². The quantitative estimate of drug-likeness (QED) is 0.0269. The highest BCUT2D eigenvalue weighted by atomic mass is 16.7. The standard InChI is InChI=1S/C72H61N9O12/c1-38-67(85)53(34-58(92-38)93-55-36-72(90,56(83)37-82)35-44-64(55)71(89)66-65(69(44)87)68(86)43-6-5-7-54(91-2)63(43)70(66)88)80-57(84)8-3-4-31-81-32-23-42(24-33-81)62-51-15-13-49(78-51)60(40-19-27-74-28-20-40)47-11-9-45(76-47)59(39-17-25-73-26-18-39)46-10-12-48(77-46)61(41-21-29-75-30-22-41)50-14-16-52(62)79-50/h5-7,9-30,32-33,38,53,55,58,67,82,85,90H,3-4,8,31,34-37H2,1-2H3,(H4,73,74,75,76,77,78,79,80,84,86,87,88,89)/p+1/t38-,53+,55-,58-,67+,72-/m0/s1. The van der Waals surface area contributed by atoms with Crippen molar-refractivity contribution in [2.45, 2.75) is 88.2 Å². The molecule has 6 atom stereocenters. The van der Waals surface area contributed by atoms with Gasteiger partial charge in [-0.3, -0.25) is 34.1 Å². The summed E-state index contributed by atoms with van der Waals surface area (Å²) >= 11 is 0. The normalized spacial score (nSPS) is 19.6. The average molecular weight is 1250 g/mol. The lowest BCUT2D eigenvalue weighted by Gasteiger charge is -2.43. The molecule has 3 aliphatic heterocycles. The molecule has 1 fully saturated rings. The fourth-order valence-corrected chi connectivity index (χ4v) is 13.5. The number of amides is 1. The highest BCUT2D eigenvalue weighted by Crippen LogP contribution is 2.53. The van der Waals surface area contributed by atoms with Gasteiger partial charge in [0.15, 0.2) is 30.3 Å². The number of ketones is 3. The molecule has 5 aliphatic rings. The smallest absolute Gasteiger partial charge is 0.220 e. The van der Waals surface area contributed by atoms with Gasteiger partial charge >= 0.3 is 0 Å². The Hall–Kier alpha value is -10.7. The van der Waals surface area contributed by atoms with E-state index in [1.807, 2.05) is 89.8 Å². The molecule has 10 heterocycles. The topological polar surface area (TPSA) is 309 Å². The van der Waals surface area contributed by atoms with Crippen LogP contribution in [0.3, 0.4) is 0 Å². The molecule has 0 saturated carbocycles. The number of Topliss-reactive ketones (excluding diaryl/α,β-unsaturated/α-hetero) is 1. The third kappa shape index (κ3) is 10.9. The van der Waals surface area contributed by atoms with E-state index in [4.69, 9.17) is 24.2 Å². The number of carbonyl (C=O) groups is 4. The summed E-state index contributed by atoms with van der Waals surface area (Å²) in [5.41, 5.74) is 9.60. The molecule has 21 nitrogen and oxygen atoms in total. The number of methoxy groups -OCH3 is 1. The molecule has 8 bridgehead atoms. The van der Waals surface area contributed by atoms with Crippen molar-refractivity contribution in [3.8, 4) is 61.8 Å². The summed E-state index contributed by atoms with van der Waals surface area (Å²) in [5, 5.41) is 59.9. The van der Waals surface area contributed by atoms with Gasteiger partial charge in [-0.1, -0.05) is 12.1 Å². The largest absolute Gasteiger partial charge is 0.507 e. The second kappa shape index (κ2) is 24.5. The third-order valence-corrected chi connectivity index (χ3v) is 18.0. The molecule has 8 N–H and O–H groups in total. The van der Waals surface area contributed by atoms with E-state index in [0.717, 1.165) is 89.4 Å². The SMILES string of the molecule is COc1cccc2c1C(=O)c1c(O)c3c(c(O)c1C2=O)C[C@@](O)(C(=O)CO)C[C@@H]3O[C@H]1C[C@@H](NC(=O)CCCC[n+]2ccc(-c3c4nc(c(-c5ccncc5)c5ccc([nH]5)c(-c5ccncc5)c5nc(c(-c6ccncc6)c6ccc3[nH]6)C=C5)C=C4)cc2)[C@H](O)[C@H](C)O1. The van der Waals surface area contributed by atoms with Gasteiger partial charge in [0.1, 0.15) is 42.1 Å². The Labute approximate surface area is 531 Å².